The van der Waals surface area contributed by atoms with Crippen molar-refractivity contribution in [1.29, 1.82) is 0 Å². The number of fused-ring (bicyclic) bond motifs is 2. The lowest BCUT2D eigenvalue weighted by atomic mass is 10.1. The van der Waals surface area contributed by atoms with Crippen molar-refractivity contribution in [1.82, 2.24) is 9.36 Å². The summed E-state index contributed by atoms with van der Waals surface area (Å²) in [5.41, 5.74) is -0.668. The van der Waals surface area contributed by atoms with E-state index >= 15 is 0 Å². The van der Waals surface area contributed by atoms with Gasteiger partial charge in [0.25, 0.3) is 11.1 Å². The van der Waals surface area contributed by atoms with Crippen LogP contribution < -0.4 is 11.1 Å². The summed E-state index contributed by atoms with van der Waals surface area (Å²) in [6, 6.07) is 5.68. The summed E-state index contributed by atoms with van der Waals surface area (Å²) in [7, 11) is 1.25. The molecule has 2 heterocycles. The van der Waals surface area contributed by atoms with Gasteiger partial charge in [0.1, 0.15) is 0 Å². The molecule has 6 nitrogen and oxygen atoms in total. The summed E-state index contributed by atoms with van der Waals surface area (Å²) in [6.07, 6.45) is 3.25. The summed E-state index contributed by atoms with van der Waals surface area (Å²) < 4.78 is 7.12. The number of rotatable bonds is 1. The van der Waals surface area contributed by atoms with Gasteiger partial charge in [-0.3, -0.25) is 9.59 Å². The monoisotopic (exact) mass is 272 g/mol. The van der Waals surface area contributed by atoms with Crippen LogP contribution in [0.15, 0.2) is 46.0 Å². The van der Waals surface area contributed by atoms with Crippen LogP contribution >= 0.6 is 0 Å². The molecule has 2 aromatic rings. The minimum absolute atomic E-state index is 0.256. The number of carbonyl (C=O) groups excluding carboxylic acids is 1. The van der Waals surface area contributed by atoms with Crippen LogP contribution in [0.1, 0.15) is 6.04 Å². The molecule has 1 aromatic heterocycles. The summed E-state index contributed by atoms with van der Waals surface area (Å²) in [4.78, 5) is 36.7. The molecule has 102 valence electrons. The Kier molecular flexibility index (Phi) is 2.78. The number of esters is 1. The molecule has 0 spiro atoms. The van der Waals surface area contributed by atoms with Gasteiger partial charge < -0.3 is 4.74 Å². The Balaban J connectivity index is 2.42. The first kappa shape index (κ1) is 12.4. The summed E-state index contributed by atoms with van der Waals surface area (Å²) in [5, 5.41) is 0.658. The van der Waals surface area contributed by atoms with Crippen LogP contribution in [-0.4, -0.2) is 22.4 Å². The normalized spacial score (nSPS) is 16.9. The topological polar surface area (TPSA) is 70.3 Å². The molecular weight excluding hydrogens is 260 g/mol. The van der Waals surface area contributed by atoms with E-state index in [1.165, 1.54) is 11.8 Å². The standard InChI is InChI=1S/C14H12N2O4/c1-20-14(19)11-7-4-8-15-12(17)9-5-2-3-6-10(9)13(18)16(11)15/h2-7,11H,8H2,1H3/t11-/m1/s1. The van der Waals surface area contributed by atoms with Gasteiger partial charge in [0.15, 0.2) is 6.04 Å². The smallest absolute Gasteiger partial charge is 0.334 e. The third kappa shape index (κ3) is 1.61. The number of carbonyl (C=O) groups is 1. The summed E-state index contributed by atoms with van der Waals surface area (Å²) >= 11 is 0. The van der Waals surface area contributed by atoms with Crippen LogP contribution in [0.5, 0.6) is 0 Å². The first-order valence-electron chi connectivity index (χ1n) is 6.14. The van der Waals surface area contributed by atoms with Gasteiger partial charge in [-0.15, -0.1) is 0 Å². The average molecular weight is 272 g/mol. The van der Waals surface area contributed by atoms with Crippen LogP contribution in [-0.2, 0) is 16.1 Å². The predicted molar refractivity (Wildman–Crippen MR) is 72.7 cm³/mol. The van der Waals surface area contributed by atoms with Gasteiger partial charge in [-0.25, -0.2) is 14.2 Å². The lowest BCUT2D eigenvalue weighted by Gasteiger charge is -2.23. The van der Waals surface area contributed by atoms with Crippen LogP contribution in [0.2, 0.25) is 0 Å². The number of nitrogens with zero attached hydrogens (tertiary/aromatic N) is 2. The van der Waals surface area contributed by atoms with Gasteiger partial charge in [0.2, 0.25) is 0 Å². The molecule has 0 N–H and O–H groups in total. The SMILES string of the molecule is COC(=O)[C@H]1C=CCn2c(=O)c3ccccc3c(=O)n21. The van der Waals surface area contributed by atoms with Crippen molar-refractivity contribution in [2.75, 3.05) is 7.11 Å². The van der Waals surface area contributed by atoms with Crippen molar-refractivity contribution >= 4 is 16.7 Å². The Bertz CT molecular complexity index is 844. The predicted octanol–water partition coefficient (Wildman–Crippen LogP) is 0.447. The fraction of sp³-hybridized carbons (Fsp3) is 0.214. The molecule has 0 saturated heterocycles. The molecule has 0 fully saturated rings. The second kappa shape index (κ2) is 4.48. The molecule has 20 heavy (non-hydrogen) atoms. The molecule has 1 aromatic carbocycles. The number of ether oxygens (including phenoxy) is 1. The van der Waals surface area contributed by atoms with E-state index in [-0.39, 0.29) is 17.7 Å². The van der Waals surface area contributed by atoms with Crippen LogP contribution in [0.3, 0.4) is 0 Å². The Morgan fingerprint density at radius 3 is 2.50 bits per heavy atom. The van der Waals surface area contributed by atoms with E-state index in [0.717, 1.165) is 4.68 Å². The summed E-state index contributed by atoms with van der Waals surface area (Å²) in [5.74, 6) is -0.577. The number of hydrogen-bond acceptors (Lipinski definition) is 4. The second-order valence-electron chi connectivity index (χ2n) is 4.48. The molecule has 1 aliphatic rings. The maximum atomic E-state index is 12.5. The molecule has 0 aliphatic carbocycles. The molecule has 0 amide bonds. The van der Waals surface area contributed by atoms with Crippen molar-refractivity contribution in [3.8, 4) is 0 Å². The molecule has 3 rings (SSSR count). The lowest BCUT2D eigenvalue weighted by Crippen LogP contribution is -2.44. The van der Waals surface area contributed by atoms with Gasteiger partial charge in [0, 0.05) is 0 Å². The molecule has 6 heteroatoms. The largest absolute Gasteiger partial charge is 0.467 e. The fourth-order valence-electron chi connectivity index (χ4n) is 2.44. The minimum Gasteiger partial charge on any atom is -0.467 e. The zero-order chi connectivity index (χ0) is 14.3. The van der Waals surface area contributed by atoms with Crippen molar-refractivity contribution in [3.63, 3.8) is 0 Å². The highest BCUT2D eigenvalue weighted by Gasteiger charge is 2.26. The first-order valence-corrected chi connectivity index (χ1v) is 6.14. The Morgan fingerprint density at radius 2 is 1.85 bits per heavy atom. The number of aromatic nitrogens is 2. The number of hydrogen-bond donors (Lipinski definition) is 0. The molecule has 1 atom stereocenters. The number of allylic oxidation sites excluding steroid dienone is 1. The van der Waals surface area contributed by atoms with E-state index in [1.807, 2.05) is 0 Å². The van der Waals surface area contributed by atoms with Gasteiger partial charge in [-0.2, -0.15) is 0 Å². The molecule has 0 saturated carbocycles. The van der Waals surface area contributed by atoms with E-state index in [2.05, 4.69) is 4.74 Å². The molecule has 0 radical (unpaired) electrons. The van der Waals surface area contributed by atoms with Crippen molar-refractivity contribution < 1.29 is 9.53 Å². The second-order valence-corrected chi connectivity index (χ2v) is 4.48. The Morgan fingerprint density at radius 1 is 1.20 bits per heavy atom. The van der Waals surface area contributed by atoms with E-state index in [1.54, 1.807) is 36.4 Å². The molecule has 0 bridgehead atoms. The third-order valence-corrected chi connectivity index (χ3v) is 3.39. The molecular formula is C14H12N2O4. The van der Waals surface area contributed by atoms with Crippen molar-refractivity contribution in [3.05, 3.63) is 57.1 Å². The highest BCUT2D eigenvalue weighted by molar-refractivity contribution is 5.81. The van der Waals surface area contributed by atoms with Crippen LogP contribution in [0.4, 0.5) is 0 Å². The third-order valence-electron chi connectivity index (χ3n) is 3.39. The maximum absolute atomic E-state index is 12.5. The maximum Gasteiger partial charge on any atom is 0.334 e. The minimum atomic E-state index is -0.904. The van der Waals surface area contributed by atoms with E-state index in [9.17, 15) is 14.4 Å². The molecule has 1 aliphatic heterocycles. The number of benzene rings is 1. The van der Waals surface area contributed by atoms with E-state index in [0.29, 0.717) is 10.8 Å². The fourth-order valence-corrected chi connectivity index (χ4v) is 2.44. The average Bonchev–Trinajstić information content (AvgIpc) is 2.51. The highest BCUT2D eigenvalue weighted by atomic mass is 16.5. The lowest BCUT2D eigenvalue weighted by molar-refractivity contribution is -0.143. The summed E-state index contributed by atoms with van der Waals surface area (Å²) in [6.45, 7) is 0.256. The zero-order valence-electron chi connectivity index (χ0n) is 10.8. The van der Waals surface area contributed by atoms with Gasteiger partial charge in [-0.05, 0) is 12.1 Å². The first-order chi connectivity index (χ1) is 9.65. The van der Waals surface area contributed by atoms with Gasteiger partial charge >= 0.3 is 5.97 Å². The highest BCUT2D eigenvalue weighted by Crippen LogP contribution is 2.14. The Hall–Kier alpha value is -2.63. The zero-order valence-corrected chi connectivity index (χ0v) is 10.8. The number of methoxy groups -OCH3 is 1. The van der Waals surface area contributed by atoms with Gasteiger partial charge in [0.05, 0.1) is 24.4 Å². The van der Waals surface area contributed by atoms with E-state index in [4.69, 9.17) is 0 Å². The van der Waals surface area contributed by atoms with Crippen molar-refractivity contribution in [2.24, 2.45) is 0 Å². The Labute approximate surface area is 113 Å². The van der Waals surface area contributed by atoms with Crippen LogP contribution in [0, 0.1) is 0 Å². The van der Waals surface area contributed by atoms with Gasteiger partial charge in [-0.1, -0.05) is 24.3 Å². The quantitative estimate of drug-likeness (QED) is 0.558. The van der Waals surface area contributed by atoms with E-state index < -0.39 is 12.0 Å². The van der Waals surface area contributed by atoms with Crippen LogP contribution in [0.25, 0.3) is 10.8 Å². The molecule has 0 unspecified atom stereocenters. The van der Waals surface area contributed by atoms with Crippen molar-refractivity contribution in [2.45, 2.75) is 12.6 Å².